The van der Waals surface area contributed by atoms with Crippen molar-refractivity contribution in [2.45, 2.75) is 65.4 Å². The molecule has 4 nitrogen and oxygen atoms in total. The van der Waals surface area contributed by atoms with Crippen LogP contribution in [-0.2, 0) is 21.9 Å². The molecule has 0 spiro atoms. The Morgan fingerprint density at radius 1 is 1.03 bits per heavy atom. The lowest BCUT2D eigenvalue weighted by Gasteiger charge is -2.30. The summed E-state index contributed by atoms with van der Waals surface area (Å²) in [5, 5.41) is 3.01. The molecule has 0 aliphatic rings. The molecular weight excluding hydrogens is 392 g/mol. The molecule has 0 fully saturated rings. The Morgan fingerprint density at radius 3 is 2.33 bits per heavy atom. The number of benzene rings is 2. The molecule has 2 amide bonds. The van der Waals surface area contributed by atoms with Crippen LogP contribution in [0, 0.1) is 13.8 Å². The number of thioether (sulfide) groups is 1. The maximum atomic E-state index is 13.1. The second-order valence-corrected chi connectivity index (χ2v) is 8.91. The largest absolute Gasteiger partial charge is 0.352 e. The predicted octanol–water partition coefficient (Wildman–Crippen LogP) is 4.87. The monoisotopic (exact) mass is 426 g/mol. The molecule has 30 heavy (non-hydrogen) atoms. The molecule has 2 aromatic rings. The van der Waals surface area contributed by atoms with Crippen molar-refractivity contribution in [1.29, 1.82) is 0 Å². The summed E-state index contributed by atoms with van der Waals surface area (Å²) in [4.78, 5) is 27.6. The Hall–Kier alpha value is -2.27. The highest BCUT2D eigenvalue weighted by molar-refractivity contribution is 7.99. The van der Waals surface area contributed by atoms with Gasteiger partial charge in [-0.2, -0.15) is 0 Å². The van der Waals surface area contributed by atoms with E-state index in [2.05, 4.69) is 36.5 Å². The van der Waals surface area contributed by atoms with Crippen molar-refractivity contribution in [2.24, 2.45) is 0 Å². The maximum absolute atomic E-state index is 13.1. The molecule has 5 heteroatoms. The van der Waals surface area contributed by atoms with E-state index in [-0.39, 0.29) is 17.9 Å². The fourth-order valence-electron chi connectivity index (χ4n) is 3.04. The van der Waals surface area contributed by atoms with Crippen molar-refractivity contribution >= 4 is 23.6 Å². The van der Waals surface area contributed by atoms with Crippen LogP contribution in [0.15, 0.2) is 48.5 Å². The van der Waals surface area contributed by atoms with E-state index in [9.17, 15) is 9.59 Å². The molecule has 0 unspecified atom stereocenters. The molecule has 0 bridgehead atoms. The van der Waals surface area contributed by atoms with E-state index in [1.54, 1.807) is 16.7 Å². The lowest BCUT2D eigenvalue weighted by Crippen LogP contribution is -2.50. The summed E-state index contributed by atoms with van der Waals surface area (Å²) in [7, 11) is 0. The van der Waals surface area contributed by atoms with Crippen molar-refractivity contribution in [3.63, 3.8) is 0 Å². The van der Waals surface area contributed by atoms with Crippen molar-refractivity contribution in [3.8, 4) is 0 Å². The summed E-state index contributed by atoms with van der Waals surface area (Å²) in [5.74, 6) is 1.01. The Morgan fingerprint density at radius 2 is 1.70 bits per heavy atom. The van der Waals surface area contributed by atoms with Crippen LogP contribution >= 0.6 is 11.8 Å². The van der Waals surface area contributed by atoms with Gasteiger partial charge in [-0.25, -0.2) is 0 Å². The first-order chi connectivity index (χ1) is 14.3. The van der Waals surface area contributed by atoms with E-state index < -0.39 is 6.04 Å². The third-order valence-electron chi connectivity index (χ3n) is 5.39. The third kappa shape index (κ3) is 7.21. The van der Waals surface area contributed by atoms with Gasteiger partial charge < -0.3 is 10.2 Å². The summed E-state index contributed by atoms with van der Waals surface area (Å²) in [6, 6.07) is 16.0. The smallest absolute Gasteiger partial charge is 0.242 e. The van der Waals surface area contributed by atoms with E-state index in [4.69, 9.17) is 0 Å². The molecule has 162 valence electrons. The molecule has 0 heterocycles. The fraction of sp³-hybridized carbons (Fsp3) is 0.440. The van der Waals surface area contributed by atoms with Gasteiger partial charge in [-0.05, 0) is 50.8 Å². The van der Waals surface area contributed by atoms with Gasteiger partial charge in [0.2, 0.25) is 11.8 Å². The van der Waals surface area contributed by atoms with Gasteiger partial charge in [0.25, 0.3) is 0 Å². The number of amides is 2. The van der Waals surface area contributed by atoms with Gasteiger partial charge in [0, 0.05) is 18.3 Å². The molecule has 0 aliphatic heterocycles. The maximum Gasteiger partial charge on any atom is 0.242 e. The first-order valence-electron chi connectivity index (χ1n) is 10.6. The van der Waals surface area contributed by atoms with Crippen LogP contribution in [0.2, 0.25) is 0 Å². The molecule has 0 saturated heterocycles. The van der Waals surface area contributed by atoms with Crippen LogP contribution in [-0.4, -0.2) is 34.6 Å². The number of carbonyl (C=O) groups excluding carboxylic acids is 2. The lowest BCUT2D eigenvalue weighted by molar-refractivity contribution is -0.138. The molecule has 0 saturated carbocycles. The number of aryl methyl sites for hydroxylation is 2. The molecule has 0 radical (unpaired) electrons. The molecule has 0 aliphatic carbocycles. The van der Waals surface area contributed by atoms with E-state index >= 15 is 0 Å². The topological polar surface area (TPSA) is 49.4 Å². The van der Waals surface area contributed by atoms with Gasteiger partial charge in [-0.15, -0.1) is 11.8 Å². The molecular formula is C25H34N2O2S. The summed E-state index contributed by atoms with van der Waals surface area (Å²) in [5.41, 5.74) is 4.62. The van der Waals surface area contributed by atoms with E-state index in [1.807, 2.05) is 52.0 Å². The first-order valence-corrected chi connectivity index (χ1v) is 11.7. The van der Waals surface area contributed by atoms with Crippen LogP contribution in [0.5, 0.6) is 0 Å². The highest BCUT2D eigenvalue weighted by Gasteiger charge is 2.27. The van der Waals surface area contributed by atoms with Crippen molar-refractivity contribution in [1.82, 2.24) is 10.2 Å². The third-order valence-corrected chi connectivity index (χ3v) is 6.37. The first kappa shape index (κ1) is 24.0. The Balaban J connectivity index is 2.08. The molecule has 2 atom stereocenters. The van der Waals surface area contributed by atoms with Gasteiger partial charge >= 0.3 is 0 Å². The van der Waals surface area contributed by atoms with Crippen molar-refractivity contribution in [3.05, 3.63) is 70.8 Å². The van der Waals surface area contributed by atoms with E-state index in [1.165, 1.54) is 11.1 Å². The van der Waals surface area contributed by atoms with Crippen molar-refractivity contribution in [2.75, 3.05) is 5.75 Å². The molecule has 2 rings (SSSR count). The fourth-order valence-corrected chi connectivity index (χ4v) is 3.91. The lowest BCUT2D eigenvalue weighted by atomic mass is 10.1. The summed E-state index contributed by atoms with van der Waals surface area (Å²) in [6.45, 7) is 10.4. The van der Waals surface area contributed by atoms with Crippen LogP contribution < -0.4 is 5.32 Å². The highest BCUT2D eigenvalue weighted by atomic mass is 32.2. The number of nitrogens with zero attached hydrogens (tertiary/aromatic N) is 1. The van der Waals surface area contributed by atoms with Gasteiger partial charge in [-0.3, -0.25) is 9.59 Å². The minimum Gasteiger partial charge on any atom is -0.352 e. The van der Waals surface area contributed by atoms with Crippen LogP contribution in [0.3, 0.4) is 0 Å². The predicted molar refractivity (Wildman–Crippen MR) is 126 cm³/mol. The zero-order chi connectivity index (χ0) is 22.1. The average Bonchev–Trinajstić information content (AvgIpc) is 2.73. The van der Waals surface area contributed by atoms with Crippen LogP contribution in [0.4, 0.5) is 0 Å². The minimum atomic E-state index is -0.522. The number of carbonyl (C=O) groups is 2. The summed E-state index contributed by atoms with van der Waals surface area (Å²) < 4.78 is 0. The number of rotatable bonds is 10. The SMILES string of the molecule is CC[C@H](C)NC(=O)[C@@H](C)N(Cc1ccccc1C)C(=O)CSCc1ccc(C)cc1. The normalized spacial score (nSPS) is 12.8. The van der Waals surface area contributed by atoms with Crippen molar-refractivity contribution < 1.29 is 9.59 Å². The molecule has 0 aromatic heterocycles. The van der Waals surface area contributed by atoms with Crippen LogP contribution in [0.25, 0.3) is 0 Å². The molecule has 1 N–H and O–H groups in total. The zero-order valence-electron chi connectivity index (χ0n) is 18.8. The number of hydrogen-bond acceptors (Lipinski definition) is 3. The highest BCUT2D eigenvalue weighted by Crippen LogP contribution is 2.18. The van der Waals surface area contributed by atoms with E-state index in [0.717, 1.165) is 23.3 Å². The average molecular weight is 427 g/mol. The number of nitrogens with one attached hydrogen (secondary N) is 1. The Kier molecular flexibility index (Phi) is 9.44. The minimum absolute atomic E-state index is 0.0119. The van der Waals surface area contributed by atoms with Crippen LogP contribution in [0.1, 0.15) is 49.4 Å². The number of hydrogen-bond donors (Lipinski definition) is 1. The second-order valence-electron chi connectivity index (χ2n) is 7.92. The van der Waals surface area contributed by atoms with E-state index in [0.29, 0.717) is 12.3 Å². The second kappa shape index (κ2) is 11.8. The van der Waals surface area contributed by atoms with Gasteiger partial charge in [0.1, 0.15) is 6.04 Å². The van der Waals surface area contributed by atoms with Gasteiger partial charge in [0.05, 0.1) is 5.75 Å². The summed E-state index contributed by atoms with van der Waals surface area (Å²) >= 11 is 1.59. The van der Waals surface area contributed by atoms with Gasteiger partial charge in [-0.1, -0.05) is 61.0 Å². The quantitative estimate of drug-likeness (QED) is 0.590. The van der Waals surface area contributed by atoms with Gasteiger partial charge in [0.15, 0.2) is 0 Å². The Labute approximate surface area is 185 Å². The molecule has 2 aromatic carbocycles. The standard InChI is InChI=1S/C25H34N2O2S/c1-6-20(4)26-25(29)21(5)27(15-23-10-8-7-9-19(23)3)24(28)17-30-16-22-13-11-18(2)12-14-22/h7-14,20-21H,6,15-17H2,1-5H3,(H,26,29)/t20-,21+/m0/s1. The summed E-state index contributed by atoms with van der Waals surface area (Å²) in [6.07, 6.45) is 0.858. The Bertz CT molecular complexity index is 835. The zero-order valence-corrected chi connectivity index (χ0v) is 19.6.